The average molecular weight is 473 g/mol. The Labute approximate surface area is 204 Å². The van der Waals surface area contributed by atoms with Crippen molar-refractivity contribution in [3.8, 4) is 0 Å². The largest absolute Gasteiger partial charge is 0.352 e. The first-order chi connectivity index (χ1) is 17.1. The van der Waals surface area contributed by atoms with Crippen molar-refractivity contribution in [2.45, 2.75) is 45.6 Å². The van der Waals surface area contributed by atoms with Gasteiger partial charge in [0, 0.05) is 42.1 Å². The lowest BCUT2D eigenvalue weighted by atomic mass is 10.0. The van der Waals surface area contributed by atoms with Crippen molar-refractivity contribution in [3.05, 3.63) is 69.9 Å². The molecule has 3 aromatic heterocycles. The van der Waals surface area contributed by atoms with E-state index in [0.717, 1.165) is 41.5 Å². The Balaban J connectivity index is 1.34. The summed E-state index contributed by atoms with van der Waals surface area (Å²) in [5.41, 5.74) is 4.22. The first kappa shape index (κ1) is 23.2. The normalized spacial score (nSPS) is 14.2. The second-order valence-electron chi connectivity index (χ2n) is 9.38. The smallest absolute Gasteiger partial charge is 0.262 e. The summed E-state index contributed by atoms with van der Waals surface area (Å²) in [6.45, 7) is 6.47. The highest BCUT2D eigenvalue weighted by atomic mass is 16.1. The number of aryl methyl sites for hydroxylation is 3. The highest BCUT2D eigenvalue weighted by Crippen LogP contribution is 2.25. The number of hydrogen-bond donors (Lipinski definition) is 2. The molecule has 1 aliphatic heterocycles. The molecule has 4 aromatic rings. The van der Waals surface area contributed by atoms with Gasteiger partial charge in [-0.2, -0.15) is 5.10 Å². The van der Waals surface area contributed by atoms with Crippen LogP contribution in [0.5, 0.6) is 0 Å². The number of H-pyrrole nitrogens is 1. The zero-order chi connectivity index (χ0) is 24.2. The summed E-state index contributed by atoms with van der Waals surface area (Å²) in [5, 5.41) is 12.1. The summed E-state index contributed by atoms with van der Waals surface area (Å²) in [6, 6.07) is 9.76. The molecule has 2 N–H and O–H groups in total. The van der Waals surface area contributed by atoms with Crippen molar-refractivity contribution in [2.24, 2.45) is 0 Å². The van der Waals surface area contributed by atoms with E-state index in [-0.39, 0.29) is 11.5 Å². The van der Waals surface area contributed by atoms with Gasteiger partial charge in [0.1, 0.15) is 5.52 Å². The molecule has 0 bridgehead atoms. The fourth-order valence-corrected chi connectivity index (χ4v) is 5.07. The van der Waals surface area contributed by atoms with E-state index < -0.39 is 0 Å². The van der Waals surface area contributed by atoms with Gasteiger partial charge in [-0.15, -0.1) is 0 Å². The van der Waals surface area contributed by atoms with E-state index in [0.29, 0.717) is 30.5 Å². The number of aromatic nitrogens is 4. The van der Waals surface area contributed by atoms with Gasteiger partial charge in [-0.05, 0) is 88.5 Å². The summed E-state index contributed by atoms with van der Waals surface area (Å²) in [6.07, 6.45) is 8.62. The molecule has 0 atom stereocenters. The Hall–Kier alpha value is -3.52. The summed E-state index contributed by atoms with van der Waals surface area (Å²) in [7, 11) is 0. The van der Waals surface area contributed by atoms with Crippen molar-refractivity contribution in [1.29, 1.82) is 0 Å². The van der Waals surface area contributed by atoms with E-state index in [2.05, 4.69) is 43.6 Å². The number of nitrogens with zero attached hydrogens (tertiary/aromatic N) is 4. The van der Waals surface area contributed by atoms with Crippen LogP contribution in [0.2, 0.25) is 0 Å². The van der Waals surface area contributed by atoms with E-state index in [1.165, 1.54) is 31.5 Å². The minimum Gasteiger partial charge on any atom is -0.352 e. The quantitative estimate of drug-likeness (QED) is 0.364. The van der Waals surface area contributed by atoms with Crippen LogP contribution in [0.4, 0.5) is 0 Å². The van der Waals surface area contributed by atoms with Gasteiger partial charge in [-0.1, -0.05) is 6.07 Å². The zero-order valence-electron chi connectivity index (χ0n) is 20.2. The number of aromatic amines is 1. The fourth-order valence-electron chi connectivity index (χ4n) is 5.07. The molecule has 1 aliphatic rings. The molecule has 4 heterocycles. The Morgan fingerprint density at radius 3 is 2.69 bits per heavy atom. The van der Waals surface area contributed by atoms with Crippen LogP contribution in [0.1, 0.15) is 47.3 Å². The third-order valence-electron chi connectivity index (χ3n) is 6.94. The standard InChI is InChI=1S/C27H32N6O2/c1-19-24-25(31-30-19)22-18-20(6-4-16-32-14-2-3-15-32)7-8-23(22)33(27(24)35)17-5-11-29-26(34)21-9-12-28-13-10-21/h7-10,12-13,18H,2-6,11,14-17H2,1H3,(H,29,34)(H,30,31). The Morgan fingerprint density at radius 1 is 1.09 bits per heavy atom. The Bertz CT molecular complexity index is 1390. The Morgan fingerprint density at radius 2 is 1.89 bits per heavy atom. The van der Waals surface area contributed by atoms with Crippen molar-refractivity contribution < 1.29 is 4.79 Å². The predicted molar refractivity (Wildman–Crippen MR) is 138 cm³/mol. The van der Waals surface area contributed by atoms with Crippen molar-refractivity contribution >= 4 is 27.7 Å². The van der Waals surface area contributed by atoms with Crippen molar-refractivity contribution in [2.75, 3.05) is 26.2 Å². The molecule has 0 radical (unpaired) electrons. The van der Waals surface area contributed by atoms with Gasteiger partial charge in [-0.3, -0.25) is 19.7 Å². The van der Waals surface area contributed by atoms with Crippen LogP contribution in [-0.2, 0) is 13.0 Å². The van der Waals surface area contributed by atoms with E-state index in [1.54, 1.807) is 24.5 Å². The van der Waals surface area contributed by atoms with Crippen molar-refractivity contribution in [3.63, 3.8) is 0 Å². The SMILES string of the molecule is Cc1[nH]nc2c1c(=O)n(CCCNC(=O)c1ccncc1)c1ccc(CCCN3CCCC3)cc21. The third-order valence-corrected chi connectivity index (χ3v) is 6.94. The van der Waals surface area contributed by atoms with E-state index >= 15 is 0 Å². The molecule has 1 aromatic carbocycles. The maximum atomic E-state index is 13.4. The number of amides is 1. The number of pyridine rings is 2. The van der Waals surface area contributed by atoms with Gasteiger partial charge < -0.3 is 14.8 Å². The molecule has 1 fully saturated rings. The van der Waals surface area contributed by atoms with E-state index in [1.807, 2.05) is 11.5 Å². The topological polar surface area (TPSA) is 95.9 Å². The molecule has 0 spiro atoms. The second-order valence-corrected chi connectivity index (χ2v) is 9.38. The maximum Gasteiger partial charge on any atom is 0.262 e. The van der Waals surface area contributed by atoms with Gasteiger partial charge in [0.05, 0.1) is 10.9 Å². The van der Waals surface area contributed by atoms with E-state index in [9.17, 15) is 9.59 Å². The summed E-state index contributed by atoms with van der Waals surface area (Å²) < 4.78 is 1.83. The number of hydrogen-bond acceptors (Lipinski definition) is 5. The Kier molecular flexibility index (Phi) is 6.90. The van der Waals surface area contributed by atoms with Crippen LogP contribution in [0.25, 0.3) is 21.8 Å². The van der Waals surface area contributed by atoms with Crippen LogP contribution in [-0.4, -0.2) is 56.7 Å². The molecule has 8 nitrogen and oxygen atoms in total. The van der Waals surface area contributed by atoms with Crippen molar-refractivity contribution in [1.82, 2.24) is 30.0 Å². The fraction of sp³-hybridized carbons (Fsp3) is 0.407. The number of likely N-dealkylation sites (tertiary alicyclic amines) is 1. The van der Waals surface area contributed by atoms with E-state index in [4.69, 9.17) is 0 Å². The molecule has 35 heavy (non-hydrogen) atoms. The first-order valence-corrected chi connectivity index (χ1v) is 12.5. The van der Waals surface area contributed by atoms with Gasteiger partial charge >= 0.3 is 0 Å². The number of benzene rings is 1. The van der Waals surface area contributed by atoms with Crippen LogP contribution < -0.4 is 10.9 Å². The molecule has 1 saturated heterocycles. The number of carbonyl (C=O) groups excluding carboxylic acids is 1. The average Bonchev–Trinajstić information content (AvgIpc) is 3.54. The highest BCUT2D eigenvalue weighted by Gasteiger charge is 2.16. The summed E-state index contributed by atoms with van der Waals surface area (Å²) in [5.74, 6) is -0.135. The number of rotatable bonds is 9. The van der Waals surface area contributed by atoms with Gasteiger partial charge in [0.15, 0.2) is 0 Å². The highest BCUT2D eigenvalue weighted by molar-refractivity contribution is 6.04. The molecular formula is C27H32N6O2. The maximum absolute atomic E-state index is 13.4. The number of carbonyl (C=O) groups is 1. The van der Waals surface area contributed by atoms with Gasteiger partial charge in [0.25, 0.3) is 11.5 Å². The first-order valence-electron chi connectivity index (χ1n) is 12.5. The predicted octanol–water partition coefficient (Wildman–Crippen LogP) is 3.43. The molecule has 0 aliphatic carbocycles. The van der Waals surface area contributed by atoms with Gasteiger partial charge in [0.2, 0.25) is 0 Å². The number of fused-ring (bicyclic) bond motifs is 3. The van der Waals surface area contributed by atoms with Crippen LogP contribution in [0, 0.1) is 6.92 Å². The second kappa shape index (κ2) is 10.4. The number of nitrogens with one attached hydrogen (secondary N) is 2. The molecule has 5 rings (SSSR count). The molecule has 1 amide bonds. The summed E-state index contributed by atoms with van der Waals surface area (Å²) >= 11 is 0. The lowest BCUT2D eigenvalue weighted by molar-refractivity contribution is 0.0952. The van der Waals surface area contributed by atoms with Crippen LogP contribution in [0.15, 0.2) is 47.5 Å². The van der Waals surface area contributed by atoms with Gasteiger partial charge in [-0.25, -0.2) is 0 Å². The monoisotopic (exact) mass is 472 g/mol. The molecular weight excluding hydrogens is 440 g/mol. The minimum absolute atomic E-state index is 0.0407. The molecule has 8 heteroatoms. The van der Waals surface area contributed by atoms with Crippen LogP contribution in [0.3, 0.4) is 0 Å². The lowest BCUT2D eigenvalue weighted by Gasteiger charge is -2.15. The lowest BCUT2D eigenvalue weighted by Crippen LogP contribution is -2.27. The summed E-state index contributed by atoms with van der Waals surface area (Å²) in [4.78, 5) is 32.2. The minimum atomic E-state index is -0.135. The molecule has 0 saturated carbocycles. The molecule has 182 valence electrons. The third kappa shape index (κ3) is 4.98. The zero-order valence-corrected chi connectivity index (χ0v) is 20.2. The molecule has 0 unspecified atom stereocenters. The van der Waals surface area contributed by atoms with Crippen LogP contribution >= 0.6 is 0 Å².